The molecule has 0 spiro atoms. The second kappa shape index (κ2) is 6.55. The third-order valence-electron chi connectivity index (χ3n) is 4.09. The van der Waals surface area contributed by atoms with E-state index in [-0.39, 0.29) is 18.3 Å². The Bertz CT molecular complexity index is 954. The maximum absolute atomic E-state index is 13.1. The fraction of sp³-hybridized carbons (Fsp3) is 0.222. The molecule has 3 aromatic rings. The Labute approximate surface area is 149 Å². The molecule has 0 fully saturated rings. The quantitative estimate of drug-likeness (QED) is 0.720. The first-order valence-electron chi connectivity index (χ1n) is 8.17. The molecule has 0 bridgehead atoms. The number of hydrogen-bond acceptors (Lipinski definition) is 5. The van der Waals surface area contributed by atoms with E-state index in [0.29, 0.717) is 41.9 Å². The highest BCUT2D eigenvalue weighted by atomic mass is 19.1. The Morgan fingerprint density at radius 3 is 2.77 bits per heavy atom. The minimum absolute atomic E-state index is 0.167. The predicted octanol–water partition coefficient (Wildman–Crippen LogP) is 2.36. The van der Waals surface area contributed by atoms with Crippen LogP contribution in [0.5, 0.6) is 5.88 Å². The average molecular weight is 353 g/mol. The van der Waals surface area contributed by atoms with E-state index < -0.39 is 0 Å². The number of ether oxygens (including phenoxy) is 1. The maximum atomic E-state index is 13.1. The zero-order chi connectivity index (χ0) is 18.1. The summed E-state index contributed by atoms with van der Waals surface area (Å²) in [5, 5.41) is 4.42. The summed E-state index contributed by atoms with van der Waals surface area (Å²) in [4.78, 5) is 22.6. The molecule has 2 aromatic heterocycles. The Morgan fingerprint density at radius 1 is 1.19 bits per heavy atom. The zero-order valence-corrected chi connectivity index (χ0v) is 14.1. The number of aryl methyl sites for hydroxylation is 1. The van der Waals surface area contributed by atoms with Crippen molar-refractivity contribution in [3.05, 3.63) is 65.6 Å². The van der Waals surface area contributed by atoms with Crippen molar-refractivity contribution in [3.8, 4) is 5.88 Å². The SMILES string of the molecule is Cc1nccc(OCc2cc3n(n2)CCN(c2ccc(F)cc2)C3=O)n1. The number of amides is 1. The lowest BCUT2D eigenvalue weighted by Crippen LogP contribution is -2.40. The van der Waals surface area contributed by atoms with Crippen LogP contribution in [0.3, 0.4) is 0 Å². The number of halogens is 1. The molecular formula is C18H16FN5O2. The predicted molar refractivity (Wildman–Crippen MR) is 91.4 cm³/mol. The van der Waals surface area contributed by atoms with Gasteiger partial charge in [-0.2, -0.15) is 10.1 Å². The van der Waals surface area contributed by atoms with Crippen molar-refractivity contribution in [2.24, 2.45) is 0 Å². The molecule has 0 saturated heterocycles. The molecule has 0 N–H and O–H groups in total. The summed E-state index contributed by atoms with van der Waals surface area (Å²) in [7, 11) is 0. The molecule has 26 heavy (non-hydrogen) atoms. The highest BCUT2D eigenvalue weighted by Gasteiger charge is 2.27. The van der Waals surface area contributed by atoms with E-state index in [1.165, 1.54) is 12.1 Å². The van der Waals surface area contributed by atoms with Crippen molar-refractivity contribution in [2.45, 2.75) is 20.1 Å². The third kappa shape index (κ3) is 3.13. The maximum Gasteiger partial charge on any atom is 0.276 e. The minimum atomic E-state index is -0.331. The normalized spacial score (nSPS) is 13.6. The Balaban J connectivity index is 1.51. The van der Waals surface area contributed by atoms with Crippen molar-refractivity contribution >= 4 is 11.6 Å². The summed E-state index contributed by atoms with van der Waals surface area (Å²) >= 11 is 0. The molecule has 1 amide bonds. The number of anilines is 1. The van der Waals surface area contributed by atoms with Crippen LogP contribution >= 0.6 is 0 Å². The molecule has 132 valence electrons. The van der Waals surface area contributed by atoms with Crippen LogP contribution in [0.1, 0.15) is 22.0 Å². The van der Waals surface area contributed by atoms with Crippen LogP contribution in [0, 0.1) is 12.7 Å². The molecule has 1 aromatic carbocycles. The number of rotatable bonds is 4. The van der Waals surface area contributed by atoms with Crippen LogP contribution in [0.15, 0.2) is 42.6 Å². The summed E-state index contributed by atoms with van der Waals surface area (Å²) in [6.07, 6.45) is 1.62. The molecular weight excluding hydrogens is 337 g/mol. The van der Waals surface area contributed by atoms with Crippen LogP contribution in [-0.2, 0) is 13.2 Å². The number of carbonyl (C=O) groups is 1. The van der Waals surface area contributed by atoms with Gasteiger partial charge in [0.25, 0.3) is 5.91 Å². The van der Waals surface area contributed by atoms with Gasteiger partial charge in [0.05, 0.1) is 6.54 Å². The number of fused-ring (bicyclic) bond motifs is 1. The van der Waals surface area contributed by atoms with E-state index in [1.807, 2.05) is 0 Å². The topological polar surface area (TPSA) is 73.1 Å². The summed E-state index contributed by atoms with van der Waals surface area (Å²) in [5.74, 6) is 0.585. The van der Waals surface area contributed by atoms with E-state index in [2.05, 4.69) is 15.1 Å². The van der Waals surface area contributed by atoms with E-state index in [9.17, 15) is 9.18 Å². The monoisotopic (exact) mass is 353 g/mol. The molecule has 0 aliphatic carbocycles. The van der Waals surface area contributed by atoms with Crippen LogP contribution in [0.25, 0.3) is 0 Å². The summed E-state index contributed by atoms with van der Waals surface area (Å²) in [6, 6.07) is 9.27. The standard InChI is InChI=1S/C18H16FN5O2/c1-12-20-7-6-17(21-12)26-11-14-10-16-18(25)23(8-9-24(16)22-14)15-4-2-13(19)3-5-15/h2-7,10H,8-9,11H2,1H3. The smallest absolute Gasteiger partial charge is 0.276 e. The molecule has 1 aliphatic heterocycles. The molecule has 3 heterocycles. The molecule has 1 aliphatic rings. The summed E-state index contributed by atoms with van der Waals surface area (Å²) in [5.41, 5.74) is 1.79. The summed E-state index contributed by atoms with van der Waals surface area (Å²) < 4.78 is 20.4. The van der Waals surface area contributed by atoms with Gasteiger partial charge < -0.3 is 9.64 Å². The van der Waals surface area contributed by atoms with E-state index >= 15 is 0 Å². The first-order chi connectivity index (χ1) is 12.6. The molecule has 0 saturated carbocycles. The first kappa shape index (κ1) is 16.2. The van der Waals surface area contributed by atoms with Gasteiger partial charge >= 0.3 is 0 Å². The van der Waals surface area contributed by atoms with Crippen molar-refractivity contribution in [1.82, 2.24) is 19.7 Å². The fourth-order valence-corrected chi connectivity index (χ4v) is 2.85. The highest BCUT2D eigenvalue weighted by molar-refractivity contribution is 6.05. The zero-order valence-electron chi connectivity index (χ0n) is 14.1. The molecule has 8 heteroatoms. The number of carbonyl (C=O) groups excluding carboxylic acids is 1. The van der Waals surface area contributed by atoms with Crippen LogP contribution in [0.2, 0.25) is 0 Å². The van der Waals surface area contributed by atoms with E-state index in [4.69, 9.17) is 4.74 Å². The second-order valence-electron chi connectivity index (χ2n) is 5.91. The van der Waals surface area contributed by atoms with Gasteiger partial charge in [-0.05, 0) is 37.3 Å². The third-order valence-corrected chi connectivity index (χ3v) is 4.09. The van der Waals surface area contributed by atoms with Gasteiger partial charge in [-0.15, -0.1) is 0 Å². The van der Waals surface area contributed by atoms with Crippen LogP contribution < -0.4 is 9.64 Å². The Hall–Kier alpha value is -3.29. The fourth-order valence-electron chi connectivity index (χ4n) is 2.85. The van der Waals surface area contributed by atoms with Gasteiger partial charge in [-0.1, -0.05) is 0 Å². The van der Waals surface area contributed by atoms with E-state index in [1.54, 1.807) is 47.0 Å². The van der Waals surface area contributed by atoms with Gasteiger partial charge in [-0.25, -0.2) is 9.37 Å². The lowest BCUT2D eigenvalue weighted by Gasteiger charge is -2.27. The van der Waals surface area contributed by atoms with Crippen LogP contribution in [-0.4, -0.2) is 32.2 Å². The van der Waals surface area contributed by atoms with Crippen molar-refractivity contribution in [3.63, 3.8) is 0 Å². The molecule has 7 nitrogen and oxygen atoms in total. The van der Waals surface area contributed by atoms with Crippen molar-refractivity contribution < 1.29 is 13.9 Å². The number of nitrogens with zero attached hydrogens (tertiary/aromatic N) is 5. The Kier molecular flexibility index (Phi) is 4.08. The number of benzene rings is 1. The summed E-state index contributed by atoms with van der Waals surface area (Å²) in [6.45, 7) is 3.03. The molecule has 4 rings (SSSR count). The average Bonchev–Trinajstić information content (AvgIpc) is 3.06. The molecule has 0 radical (unpaired) electrons. The Morgan fingerprint density at radius 2 is 2.00 bits per heavy atom. The number of hydrogen-bond donors (Lipinski definition) is 0. The van der Waals surface area contributed by atoms with E-state index in [0.717, 1.165) is 0 Å². The number of aromatic nitrogens is 4. The van der Waals surface area contributed by atoms with Gasteiger partial charge in [0.15, 0.2) is 0 Å². The second-order valence-corrected chi connectivity index (χ2v) is 5.91. The van der Waals surface area contributed by atoms with Gasteiger partial charge in [0.1, 0.15) is 29.6 Å². The lowest BCUT2D eigenvalue weighted by molar-refractivity contribution is 0.0962. The van der Waals surface area contributed by atoms with Gasteiger partial charge in [0, 0.05) is 24.5 Å². The lowest BCUT2D eigenvalue weighted by atomic mass is 10.2. The van der Waals surface area contributed by atoms with Gasteiger partial charge in [-0.3, -0.25) is 9.48 Å². The van der Waals surface area contributed by atoms with Crippen LogP contribution in [0.4, 0.5) is 10.1 Å². The molecule has 0 unspecified atom stereocenters. The largest absolute Gasteiger partial charge is 0.471 e. The van der Waals surface area contributed by atoms with Crippen molar-refractivity contribution in [2.75, 3.05) is 11.4 Å². The first-order valence-corrected chi connectivity index (χ1v) is 8.17. The molecule has 0 atom stereocenters. The minimum Gasteiger partial charge on any atom is -0.471 e. The highest BCUT2D eigenvalue weighted by Crippen LogP contribution is 2.22. The van der Waals surface area contributed by atoms with Gasteiger partial charge in [0.2, 0.25) is 5.88 Å². The van der Waals surface area contributed by atoms with Crippen molar-refractivity contribution in [1.29, 1.82) is 0 Å².